The summed E-state index contributed by atoms with van der Waals surface area (Å²) in [6.45, 7) is 4.40. The Hall–Kier alpha value is -1.95. The Balaban J connectivity index is 1.29. The number of aromatic nitrogens is 3. The molecule has 2 aromatic heterocycles. The van der Waals surface area contributed by atoms with Gasteiger partial charge in [-0.3, -0.25) is 9.20 Å². The molecule has 4 rings (SSSR count). The smallest absolute Gasteiger partial charge is 0.255 e. The van der Waals surface area contributed by atoms with Crippen LogP contribution in [0, 0.1) is 11.8 Å². The Morgan fingerprint density at radius 1 is 1.22 bits per heavy atom. The summed E-state index contributed by atoms with van der Waals surface area (Å²) in [7, 11) is 0. The van der Waals surface area contributed by atoms with E-state index in [0.717, 1.165) is 12.5 Å². The van der Waals surface area contributed by atoms with E-state index in [1.165, 1.54) is 45.3 Å². The van der Waals surface area contributed by atoms with Crippen molar-refractivity contribution in [2.75, 3.05) is 26.2 Å². The molecule has 2 aromatic rings. The molecule has 2 aliphatic rings. The topological polar surface area (TPSA) is 62.5 Å². The first kappa shape index (κ1) is 14.6. The van der Waals surface area contributed by atoms with Crippen molar-refractivity contribution in [2.45, 2.75) is 25.7 Å². The SMILES string of the molecule is O=C(NCC1CCN(CC2CC2)CC1)c1cccn2cnnc12. The Morgan fingerprint density at radius 3 is 2.83 bits per heavy atom. The lowest BCUT2D eigenvalue weighted by atomic mass is 9.96. The molecule has 1 saturated heterocycles. The van der Waals surface area contributed by atoms with Crippen LogP contribution in [0.4, 0.5) is 0 Å². The maximum atomic E-state index is 12.4. The number of hydrogen-bond donors (Lipinski definition) is 1. The lowest BCUT2D eigenvalue weighted by Gasteiger charge is -2.32. The minimum absolute atomic E-state index is 0.0518. The largest absolute Gasteiger partial charge is 0.352 e. The van der Waals surface area contributed by atoms with Crippen LogP contribution in [0.3, 0.4) is 0 Å². The summed E-state index contributed by atoms with van der Waals surface area (Å²) in [5.41, 5.74) is 1.21. The van der Waals surface area contributed by atoms with Gasteiger partial charge in [-0.25, -0.2) is 0 Å². The van der Waals surface area contributed by atoms with Crippen LogP contribution in [0.15, 0.2) is 24.7 Å². The summed E-state index contributed by atoms with van der Waals surface area (Å²) in [4.78, 5) is 15.0. The number of nitrogens with one attached hydrogen (secondary N) is 1. The molecular formula is C17H23N5O. The molecule has 1 N–H and O–H groups in total. The fraction of sp³-hybridized carbons (Fsp3) is 0.588. The number of likely N-dealkylation sites (tertiary alicyclic amines) is 1. The predicted octanol–water partition coefficient (Wildman–Crippen LogP) is 1.58. The third-order valence-corrected chi connectivity index (χ3v) is 5.04. The fourth-order valence-electron chi connectivity index (χ4n) is 3.40. The summed E-state index contributed by atoms with van der Waals surface area (Å²) < 4.78 is 1.77. The number of carbonyl (C=O) groups is 1. The van der Waals surface area contributed by atoms with E-state index in [1.54, 1.807) is 16.8 Å². The average molecular weight is 313 g/mol. The second-order valence-corrected chi connectivity index (χ2v) is 6.88. The third-order valence-electron chi connectivity index (χ3n) is 5.04. The normalized spacial score (nSPS) is 20.0. The van der Waals surface area contributed by atoms with Crippen LogP contribution < -0.4 is 5.32 Å². The van der Waals surface area contributed by atoms with Gasteiger partial charge in [0, 0.05) is 19.3 Å². The van der Waals surface area contributed by atoms with Gasteiger partial charge < -0.3 is 10.2 Å². The monoisotopic (exact) mass is 313 g/mol. The number of amides is 1. The summed E-state index contributed by atoms with van der Waals surface area (Å²) in [6, 6.07) is 3.65. The van der Waals surface area contributed by atoms with E-state index in [9.17, 15) is 4.79 Å². The molecule has 1 aliphatic heterocycles. The molecule has 0 spiro atoms. The highest BCUT2D eigenvalue weighted by molar-refractivity contribution is 5.99. The second kappa shape index (κ2) is 6.28. The molecule has 0 unspecified atom stereocenters. The van der Waals surface area contributed by atoms with Crippen molar-refractivity contribution < 1.29 is 4.79 Å². The summed E-state index contributed by atoms with van der Waals surface area (Å²) in [5.74, 6) is 1.51. The minimum Gasteiger partial charge on any atom is -0.352 e. The van der Waals surface area contributed by atoms with Crippen molar-refractivity contribution in [2.24, 2.45) is 11.8 Å². The zero-order valence-corrected chi connectivity index (χ0v) is 13.3. The molecule has 0 radical (unpaired) electrons. The number of piperidine rings is 1. The molecule has 122 valence electrons. The first-order valence-corrected chi connectivity index (χ1v) is 8.58. The van der Waals surface area contributed by atoms with Gasteiger partial charge in [0.25, 0.3) is 5.91 Å². The van der Waals surface area contributed by atoms with Crippen molar-refractivity contribution in [3.8, 4) is 0 Å². The van der Waals surface area contributed by atoms with Gasteiger partial charge in [-0.1, -0.05) is 0 Å². The highest BCUT2D eigenvalue weighted by Gasteiger charge is 2.27. The van der Waals surface area contributed by atoms with Gasteiger partial charge in [-0.05, 0) is 62.7 Å². The maximum absolute atomic E-state index is 12.4. The quantitative estimate of drug-likeness (QED) is 0.910. The van der Waals surface area contributed by atoms with E-state index >= 15 is 0 Å². The van der Waals surface area contributed by atoms with Gasteiger partial charge in [-0.2, -0.15) is 0 Å². The molecule has 0 aromatic carbocycles. The van der Waals surface area contributed by atoms with Crippen molar-refractivity contribution in [3.63, 3.8) is 0 Å². The summed E-state index contributed by atoms with van der Waals surface area (Å²) in [6.07, 6.45) is 8.67. The van der Waals surface area contributed by atoms with E-state index in [0.29, 0.717) is 17.1 Å². The second-order valence-electron chi connectivity index (χ2n) is 6.88. The van der Waals surface area contributed by atoms with Crippen molar-refractivity contribution in [3.05, 3.63) is 30.2 Å². The van der Waals surface area contributed by atoms with Gasteiger partial charge in [-0.15, -0.1) is 10.2 Å². The highest BCUT2D eigenvalue weighted by Crippen LogP contribution is 2.31. The van der Waals surface area contributed by atoms with Gasteiger partial charge in [0.1, 0.15) is 6.33 Å². The molecule has 6 nitrogen and oxygen atoms in total. The Morgan fingerprint density at radius 2 is 2.04 bits per heavy atom. The number of fused-ring (bicyclic) bond motifs is 1. The molecule has 1 saturated carbocycles. The number of rotatable bonds is 5. The van der Waals surface area contributed by atoms with E-state index in [4.69, 9.17) is 0 Å². The van der Waals surface area contributed by atoms with Crippen molar-refractivity contribution >= 4 is 11.6 Å². The summed E-state index contributed by atoms with van der Waals surface area (Å²) >= 11 is 0. The van der Waals surface area contributed by atoms with Crippen LogP contribution >= 0.6 is 0 Å². The van der Waals surface area contributed by atoms with Crippen LogP contribution in [0.25, 0.3) is 5.65 Å². The molecule has 0 atom stereocenters. The number of pyridine rings is 1. The Labute approximate surface area is 135 Å². The zero-order chi connectivity index (χ0) is 15.6. The molecular weight excluding hydrogens is 290 g/mol. The Kier molecular flexibility index (Phi) is 3.99. The van der Waals surface area contributed by atoms with Gasteiger partial charge in [0.05, 0.1) is 5.56 Å². The lowest BCUT2D eigenvalue weighted by Crippen LogP contribution is -2.39. The van der Waals surface area contributed by atoms with Crippen LogP contribution in [0.5, 0.6) is 0 Å². The Bertz CT molecular complexity index is 685. The van der Waals surface area contributed by atoms with Gasteiger partial charge in [0.2, 0.25) is 0 Å². The average Bonchev–Trinajstić information content (AvgIpc) is 3.26. The number of hydrogen-bond acceptors (Lipinski definition) is 4. The lowest BCUT2D eigenvalue weighted by molar-refractivity contribution is 0.0936. The van der Waals surface area contributed by atoms with Gasteiger partial charge in [0.15, 0.2) is 5.65 Å². The molecule has 1 aliphatic carbocycles. The van der Waals surface area contributed by atoms with Gasteiger partial charge >= 0.3 is 0 Å². The first-order chi connectivity index (χ1) is 11.3. The van der Waals surface area contributed by atoms with E-state index in [-0.39, 0.29) is 5.91 Å². The molecule has 1 amide bonds. The summed E-state index contributed by atoms with van der Waals surface area (Å²) in [5, 5.41) is 11.0. The highest BCUT2D eigenvalue weighted by atomic mass is 16.1. The van der Waals surface area contributed by atoms with E-state index < -0.39 is 0 Å². The molecule has 0 bridgehead atoms. The standard InChI is InChI=1S/C17H23N5O/c23-17(15-2-1-7-22-12-19-20-16(15)22)18-10-13-5-8-21(9-6-13)11-14-3-4-14/h1-2,7,12-14H,3-6,8-11H2,(H,18,23). The van der Waals surface area contributed by atoms with Crippen molar-refractivity contribution in [1.82, 2.24) is 24.8 Å². The van der Waals surface area contributed by atoms with Crippen LogP contribution in [0.2, 0.25) is 0 Å². The van der Waals surface area contributed by atoms with Crippen LogP contribution in [0.1, 0.15) is 36.0 Å². The van der Waals surface area contributed by atoms with E-state index in [1.807, 2.05) is 12.3 Å². The first-order valence-electron chi connectivity index (χ1n) is 8.58. The van der Waals surface area contributed by atoms with Crippen LogP contribution in [-0.4, -0.2) is 51.6 Å². The van der Waals surface area contributed by atoms with E-state index in [2.05, 4.69) is 20.4 Å². The molecule has 6 heteroatoms. The number of carbonyl (C=O) groups excluding carboxylic acids is 1. The molecule has 23 heavy (non-hydrogen) atoms. The third kappa shape index (κ3) is 3.37. The zero-order valence-electron chi connectivity index (χ0n) is 13.3. The fourth-order valence-corrected chi connectivity index (χ4v) is 3.40. The molecule has 2 fully saturated rings. The predicted molar refractivity (Wildman–Crippen MR) is 87.2 cm³/mol. The van der Waals surface area contributed by atoms with Crippen LogP contribution in [-0.2, 0) is 0 Å². The number of nitrogens with zero attached hydrogens (tertiary/aromatic N) is 4. The van der Waals surface area contributed by atoms with Crippen molar-refractivity contribution in [1.29, 1.82) is 0 Å². The molecule has 3 heterocycles. The minimum atomic E-state index is -0.0518. The maximum Gasteiger partial charge on any atom is 0.255 e.